The Kier molecular flexibility index (Phi) is 5.48. The van der Waals surface area contributed by atoms with E-state index in [1.165, 1.54) is 38.5 Å². The van der Waals surface area contributed by atoms with Gasteiger partial charge in [-0.2, -0.15) is 0 Å². The van der Waals surface area contributed by atoms with Gasteiger partial charge in [-0.3, -0.25) is 4.79 Å². The Hall–Kier alpha value is -0.570. The number of carbonyl (C=O) groups is 1. The molecule has 3 heteroatoms. The second-order valence-electron chi connectivity index (χ2n) is 6.15. The minimum Gasteiger partial charge on any atom is -0.353 e. The molecule has 1 amide bonds. The first-order chi connectivity index (χ1) is 8.75. The Morgan fingerprint density at radius 3 is 2.72 bits per heavy atom. The van der Waals surface area contributed by atoms with Crippen LogP contribution in [0.1, 0.15) is 58.3 Å². The lowest BCUT2D eigenvalue weighted by molar-refractivity contribution is -0.122. The largest absolute Gasteiger partial charge is 0.353 e. The summed E-state index contributed by atoms with van der Waals surface area (Å²) in [5.74, 6) is 1.71. The Morgan fingerprint density at radius 2 is 2.06 bits per heavy atom. The van der Waals surface area contributed by atoms with Gasteiger partial charge in [0.25, 0.3) is 0 Å². The minimum absolute atomic E-state index is 0.264. The van der Waals surface area contributed by atoms with E-state index in [9.17, 15) is 4.79 Å². The second kappa shape index (κ2) is 7.13. The van der Waals surface area contributed by atoms with Crippen LogP contribution in [0, 0.1) is 11.8 Å². The number of nitrogens with one attached hydrogen (secondary N) is 2. The molecular formula is C15H28N2O. The molecule has 1 aliphatic carbocycles. The molecule has 1 heterocycles. The van der Waals surface area contributed by atoms with Gasteiger partial charge in [-0.05, 0) is 64.0 Å². The molecule has 0 aromatic carbocycles. The summed E-state index contributed by atoms with van der Waals surface area (Å²) in [6, 6.07) is 0.379. The topological polar surface area (TPSA) is 41.1 Å². The van der Waals surface area contributed by atoms with Crippen molar-refractivity contribution >= 4 is 5.91 Å². The monoisotopic (exact) mass is 252 g/mol. The van der Waals surface area contributed by atoms with Gasteiger partial charge in [0.2, 0.25) is 5.91 Å². The predicted octanol–water partition coefficient (Wildman–Crippen LogP) is 2.46. The normalized spacial score (nSPS) is 27.1. The third-order valence-electron chi connectivity index (χ3n) is 4.67. The summed E-state index contributed by atoms with van der Waals surface area (Å²) in [6.07, 6.45) is 9.61. The van der Waals surface area contributed by atoms with Crippen LogP contribution in [0.15, 0.2) is 0 Å². The first-order valence-electron chi connectivity index (χ1n) is 7.76. The van der Waals surface area contributed by atoms with Gasteiger partial charge in [0, 0.05) is 12.5 Å². The highest BCUT2D eigenvalue weighted by molar-refractivity contribution is 5.76. The molecule has 18 heavy (non-hydrogen) atoms. The maximum Gasteiger partial charge on any atom is 0.220 e. The van der Waals surface area contributed by atoms with Gasteiger partial charge in [0.15, 0.2) is 0 Å². The van der Waals surface area contributed by atoms with E-state index in [0.717, 1.165) is 25.4 Å². The summed E-state index contributed by atoms with van der Waals surface area (Å²) >= 11 is 0. The lowest BCUT2D eigenvalue weighted by Crippen LogP contribution is -2.38. The number of carbonyl (C=O) groups excluding carboxylic acids is 1. The van der Waals surface area contributed by atoms with E-state index in [2.05, 4.69) is 17.6 Å². The van der Waals surface area contributed by atoms with Crippen LogP contribution in [0.25, 0.3) is 0 Å². The predicted molar refractivity (Wildman–Crippen MR) is 74.4 cm³/mol. The van der Waals surface area contributed by atoms with Crippen LogP contribution in [-0.2, 0) is 4.79 Å². The van der Waals surface area contributed by atoms with E-state index in [0.29, 0.717) is 18.4 Å². The lowest BCUT2D eigenvalue weighted by atomic mass is 9.94. The SMILES string of the molecule is C[C@@H](NC(=O)CCC1CCCNC1)C1CCCC1. The Labute approximate surface area is 111 Å². The summed E-state index contributed by atoms with van der Waals surface area (Å²) < 4.78 is 0. The summed E-state index contributed by atoms with van der Waals surface area (Å²) in [6.45, 7) is 4.43. The zero-order valence-electron chi connectivity index (χ0n) is 11.7. The molecule has 0 aromatic rings. The van der Waals surface area contributed by atoms with E-state index in [-0.39, 0.29) is 5.91 Å². The molecule has 104 valence electrons. The van der Waals surface area contributed by atoms with Crippen LogP contribution in [0.2, 0.25) is 0 Å². The Morgan fingerprint density at radius 1 is 1.28 bits per heavy atom. The minimum atomic E-state index is 0.264. The zero-order chi connectivity index (χ0) is 12.8. The molecule has 1 saturated heterocycles. The molecule has 0 aromatic heterocycles. The van der Waals surface area contributed by atoms with Gasteiger partial charge < -0.3 is 10.6 Å². The number of amides is 1. The number of rotatable bonds is 5. The highest BCUT2D eigenvalue weighted by Gasteiger charge is 2.23. The van der Waals surface area contributed by atoms with Gasteiger partial charge in [0.1, 0.15) is 0 Å². The summed E-state index contributed by atoms with van der Waals surface area (Å²) in [7, 11) is 0. The van der Waals surface area contributed by atoms with Crippen molar-refractivity contribution in [3.05, 3.63) is 0 Å². The number of hydrogen-bond acceptors (Lipinski definition) is 2. The van der Waals surface area contributed by atoms with Crippen molar-refractivity contribution < 1.29 is 4.79 Å². The summed E-state index contributed by atoms with van der Waals surface area (Å²) in [5.41, 5.74) is 0. The fourth-order valence-electron chi connectivity index (χ4n) is 3.41. The molecule has 3 nitrogen and oxygen atoms in total. The fraction of sp³-hybridized carbons (Fsp3) is 0.933. The van der Waals surface area contributed by atoms with Crippen molar-refractivity contribution in [3.63, 3.8) is 0 Å². The van der Waals surface area contributed by atoms with E-state index >= 15 is 0 Å². The fourth-order valence-corrected chi connectivity index (χ4v) is 3.41. The first-order valence-corrected chi connectivity index (χ1v) is 7.76. The van der Waals surface area contributed by atoms with Crippen molar-refractivity contribution in [1.82, 2.24) is 10.6 Å². The molecule has 0 radical (unpaired) electrons. The van der Waals surface area contributed by atoms with Gasteiger partial charge in [-0.15, -0.1) is 0 Å². The van der Waals surface area contributed by atoms with Gasteiger partial charge in [0.05, 0.1) is 0 Å². The first kappa shape index (κ1) is 13.9. The summed E-state index contributed by atoms with van der Waals surface area (Å²) in [5, 5.41) is 6.61. The molecule has 2 atom stereocenters. The molecule has 2 rings (SSSR count). The smallest absolute Gasteiger partial charge is 0.220 e. The van der Waals surface area contributed by atoms with Crippen molar-refractivity contribution in [2.24, 2.45) is 11.8 Å². The highest BCUT2D eigenvalue weighted by Crippen LogP contribution is 2.27. The van der Waals surface area contributed by atoms with Crippen LogP contribution in [0.5, 0.6) is 0 Å². The van der Waals surface area contributed by atoms with Crippen LogP contribution in [0.3, 0.4) is 0 Å². The quantitative estimate of drug-likeness (QED) is 0.789. The number of hydrogen-bond donors (Lipinski definition) is 2. The van der Waals surface area contributed by atoms with E-state index in [4.69, 9.17) is 0 Å². The molecule has 0 spiro atoms. The molecule has 1 saturated carbocycles. The lowest BCUT2D eigenvalue weighted by Gasteiger charge is -2.24. The number of piperidine rings is 1. The maximum absolute atomic E-state index is 11.9. The van der Waals surface area contributed by atoms with E-state index < -0.39 is 0 Å². The molecule has 0 bridgehead atoms. The third-order valence-corrected chi connectivity index (χ3v) is 4.67. The van der Waals surface area contributed by atoms with Gasteiger partial charge >= 0.3 is 0 Å². The van der Waals surface area contributed by atoms with Gasteiger partial charge in [-0.25, -0.2) is 0 Å². The molecule has 1 aliphatic heterocycles. The van der Waals surface area contributed by atoms with Crippen LogP contribution >= 0.6 is 0 Å². The van der Waals surface area contributed by atoms with Crippen molar-refractivity contribution in [2.75, 3.05) is 13.1 Å². The second-order valence-corrected chi connectivity index (χ2v) is 6.15. The van der Waals surface area contributed by atoms with Crippen molar-refractivity contribution in [3.8, 4) is 0 Å². The standard InChI is InChI=1S/C15H28N2O/c1-12(14-6-2-3-7-14)17-15(18)9-8-13-5-4-10-16-11-13/h12-14,16H,2-11H2,1H3,(H,17,18)/t12-,13?/m1/s1. The molecule has 2 fully saturated rings. The van der Waals surface area contributed by atoms with Crippen LogP contribution in [-0.4, -0.2) is 25.0 Å². The molecular weight excluding hydrogens is 224 g/mol. The third kappa shape index (κ3) is 4.27. The van der Waals surface area contributed by atoms with E-state index in [1.807, 2.05) is 0 Å². The average Bonchev–Trinajstić information content (AvgIpc) is 2.91. The van der Waals surface area contributed by atoms with Crippen molar-refractivity contribution in [1.29, 1.82) is 0 Å². The highest BCUT2D eigenvalue weighted by atomic mass is 16.1. The molecule has 1 unspecified atom stereocenters. The average molecular weight is 252 g/mol. The van der Waals surface area contributed by atoms with Crippen LogP contribution in [0.4, 0.5) is 0 Å². The summed E-state index contributed by atoms with van der Waals surface area (Å²) in [4.78, 5) is 11.9. The van der Waals surface area contributed by atoms with Gasteiger partial charge in [-0.1, -0.05) is 12.8 Å². The van der Waals surface area contributed by atoms with E-state index in [1.54, 1.807) is 0 Å². The zero-order valence-corrected chi connectivity index (χ0v) is 11.7. The Balaban J connectivity index is 1.61. The Bertz CT molecular complexity index is 255. The molecule has 2 N–H and O–H groups in total. The molecule has 2 aliphatic rings. The van der Waals surface area contributed by atoms with Crippen LogP contribution < -0.4 is 10.6 Å². The maximum atomic E-state index is 11.9. The van der Waals surface area contributed by atoms with Crippen molar-refractivity contribution in [2.45, 2.75) is 64.3 Å².